The number of carbonyl (C=O) groups excluding carboxylic acids is 1. The van der Waals surface area contributed by atoms with Crippen LogP contribution in [0, 0.1) is 0 Å². The maximum absolute atomic E-state index is 12.5. The topological polar surface area (TPSA) is 89.8 Å². The van der Waals surface area contributed by atoms with Crippen molar-refractivity contribution in [3.05, 3.63) is 48.6 Å². The number of hydrogen-bond acceptors (Lipinski definition) is 4. The van der Waals surface area contributed by atoms with Gasteiger partial charge < -0.3 is 20.6 Å². The number of aliphatic hydroxyl groups is 3. The van der Waals surface area contributed by atoms with Crippen molar-refractivity contribution in [3.63, 3.8) is 0 Å². The first-order chi connectivity index (χ1) is 29.6. The number of aliphatic hydroxyl groups excluding tert-OH is 3. The van der Waals surface area contributed by atoms with Gasteiger partial charge in [0.15, 0.2) is 0 Å². The Balaban J connectivity index is 3.63. The highest BCUT2D eigenvalue weighted by Gasteiger charge is 2.22. The number of carbonyl (C=O) groups is 1. The fraction of sp³-hybridized carbons (Fsp3) is 0.836. The van der Waals surface area contributed by atoms with Crippen molar-refractivity contribution in [2.75, 3.05) is 6.61 Å². The molecule has 4 N–H and O–H groups in total. The number of rotatable bonds is 48. The van der Waals surface area contributed by atoms with E-state index in [4.69, 9.17) is 0 Å². The van der Waals surface area contributed by atoms with Crippen LogP contribution in [-0.2, 0) is 4.79 Å². The van der Waals surface area contributed by atoms with Gasteiger partial charge in [-0.05, 0) is 64.2 Å². The van der Waals surface area contributed by atoms with Crippen molar-refractivity contribution in [2.24, 2.45) is 0 Å². The Morgan fingerprint density at radius 1 is 0.417 bits per heavy atom. The van der Waals surface area contributed by atoms with Crippen molar-refractivity contribution < 1.29 is 20.1 Å². The first kappa shape index (κ1) is 58.3. The predicted molar refractivity (Wildman–Crippen MR) is 264 cm³/mol. The third-order valence-electron chi connectivity index (χ3n) is 12.1. The minimum atomic E-state index is -1.11. The molecule has 0 bridgehead atoms. The maximum atomic E-state index is 12.5. The highest BCUT2D eigenvalue weighted by molar-refractivity contribution is 5.80. The molecule has 0 fully saturated rings. The van der Waals surface area contributed by atoms with Gasteiger partial charge in [-0.15, -0.1) is 0 Å². The number of nitrogens with one attached hydrogen (secondary N) is 1. The van der Waals surface area contributed by atoms with Gasteiger partial charge in [0.1, 0.15) is 6.10 Å². The Hall–Kier alpha value is -1.69. The van der Waals surface area contributed by atoms with Crippen molar-refractivity contribution >= 4 is 5.91 Å². The minimum Gasteiger partial charge on any atom is -0.394 e. The molecule has 3 atom stereocenters. The quantitative estimate of drug-likeness (QED) is 0.0363. The smallest absolute Gasteiger partial charge is 0.249 e. The molecule has 5 nitrogen and oxygen atoms in total. The average Bonchev–Trinajstić information content (AvgIpc) is 3.25. The monoisotopic (exact) mass is 842 g/mol. The van der Waals surface area contributed by atoms with E-state index in [1.165, 1.54) is 205 Å². The molecule has 0 spiro atoms. The summed E-state index contributed by atoms with van der Waals surface area (Å²) in [4.78, 5) is 12.5. The van der Waals surface area contributed by atoms with Crippen molar-refractivity contribution in [3.8, 4) is 0 Å². The van der Waals surface area contributed by atoms with E-state index >= 15 is 0 Å². The minimum absolute atomic E-state index is 0.377. The lowest BCUT2D eigenvalue weighted by Gasteiger charge is -2.21. The maximum Gasteiger partial charge on any atom is 0.249 e. The van der Waals surface area contributed by atoms with Crippen molar-refractivity contribution in [2.45, 2.75) is 289 Å². The molecule has 5 heteroatoms. The van der Waals surface area contributed by atoms with Crippen LogP contribution in [0.15, 0.2) is 48.6 Å². The summed E-state index contributed by atoms with van der Waals surface area (Å²) in [7, 11) is 0. The normalized spacial score (nSPS) is 13.8. The first-order valence-corrected chi connectivity index (χ1v) is 26.5. The van der Waals surface area contributed by atoms with Crippen LogP contribution >= 0.6 is 0 Å². The van der Waals surface area contributed by atoms with Crippen LogP contribution in [0.3, 0.4) is 0 Å². The molecule has 0 heterocycles. The van der Waals surface area contributed by atoms with Crippen LogP contribution in [-0.4, -0.2) is 46.1 Å². The highest BCUT2D eigenvalue weighted by atomic mass is 16.3. The van der Waals surface area contributed by atoms with Gasteiger partial charge in [-0.2, -0.15) is 0 Å². The van der Waals surface area contributed by atoms with Gasteiger partial charge in [0.2, 0.25) is 5.91 Å². The zero-order valence-electron chi connectivity index (χ0n) is 40.1. The molecule has 0 aliphatic heterocycles. The lowest BCUT2D eigenvalue weighted by atomic mass is 10.0. The third kappa shape index (κ3) is 44.4. The van der Waals surface area contributed by atoms with E-state index in [0.29, 0.717) is 6.42 Å². The Kier molecular flexibility index (Phi) is 48.6. The van der Waals surface area contributed by atoms with Gasteiger partial charge >= 0.3 is 0 Å². The van der Waals surface area contributed by atoms with Crippen LogP contribution in [0.4, 0.5) is 0 Å². The summed E-state index contributed by atoms with van der Waals surface area (Å²) in [5, 5.41) is 33.3. The molecule has 0 rings (SSSR count). The summed E-state index contributed by atoms with van der Waals surface area (Å²) in [6.07, 6.45) is 66.0. The molecule has 3 unspecified atom stereocenters. The molecule has 0 aliphatic rings. The van der Waals surface area contributed by atoms with Gasteiger partial charge in [-0.25, -0.2) is 0 Å². The van der Waals surface area contributed by atoms with E-state index in [2.05, 4.69) is 55.6 Å². The average molecular weight is 842 g/mol. The molecule has 0 aliphatic carbocycles. The van der Waals surface area contributed by atoms with E-state index < -0.39 is 24.2 Å². The summed E-state index contributed by atoms with van der Waals surface area (Å²) < 4.78 is 0. The molecule has 0 aromatic carbocycles. The van der Waals surface area contributed by atoms with E-state index in [-0.39, 0.29) is 6.61 Å². The number of allylic oxidation sites excluding steroid dienone is 7. The Morgan fingerprint density at radius 3 is 1.12 bits per heavy atom. The summed E-state index contributed by atoms with van der Waals surface area (Å²) in [6.45, 7) is 4.19. The molecule has 60 heavy (non-hydrogen) atoms. The molecule has 0 saturated heterocycles. The zero-order valence-corrected chi connectivity index (χ0v) is 40.1. The third-order valence-corrected chi connectivity index (χ3v) is 12.1. The molecular formula is C55H103NO4. The molecule has 0 aromatic rings. The van der Waals surface area contributed by atoms with Gasteiger partial charge in [0.25, 0.3) is 0 Å². The summed E-state index contributed by atoms with van der Waals surface area (Å²) in [5.41, 5.74) is 0. The van der Waals surface area contributed by atoms with Gasteiger partial charge in [0.05, 0.1) is 18.8 Å². The van der Waals surface area contributed by atoms with E-state index in [1.807, 2.05) is 6.08 Å². The lowest BCUT2D eigenvalue weighted by Crippen LogP contribution is -2.48. The van der Waals surface area contributed by atoms with Crippen LogP contribution in [0.5, 0.6) is 0 Å². The fourth-order valence-electron chi connectivity index (χ4n) is 8.00. The van der Waals surface area contributed by atoms with Crippen molar-refractivity contribution in [1.29, 1.82) is 0 Å². The Morgan fingerprint density at radius 2 is 0.733 bits per heavy atom. The molecule has 352 valence electrons. The second-order valence-corrected chi connectivity index (χ2v) is 18.1. The zero-order chi connectivity index (χ0) is 43.7. The first-order valence-electron chi connectivity index (χ1n) is 26.5. The van der Waals surface area contributed by atoms with Crippen LogP contribution in [0.25, 0.3) is 0 Å². The number of amides is 1. The molecule has 0 aromatic heterocycles. The standard InChI is InChI=1S/C55H103NO4/c1-3-5-7-9-11-13-15-17-19-21-23-24-25-26-27-28-29-30-31-32-34-36-38-40-42-44-46-48-50-54(59)55(60)56-52(51-57)53(58)49-47-45-43-41-39-37-35-33-22-20-18-16-14-12-10-8-6-4-2/h23-24,26-27,39,41,47,49,52-54,57-59H,3-22,25,28-38,40,42-46,48,50-51H2,1-2H3,(H,56,60)/b24-23-,27-26-,41-39+,49-47+. The largest absolute Gasteiger partial charge is 0.394 e. The Labute approximate surface area is 374 Å². The lowest BCUT2D eigenvalue weighted by molar-refractivity contribution is -0.131. The summed E-state index contributed by atoms with van der Waals surface area (Å²) >= 11 is 0. The Bertz CT molecular complexity index is 974. The molecular weight excluding hydrogens is 739 g/mol. The van der Waals surface area contributed by atoms with Crippen LogP contribution in [0.1, 0.15) is 271 Å². The SMILES string of the molecule is CCCCCCCCCCC/C=C\C/C=C\CCCCCCCCCCCCCCC(O)C(=O)NC(CO)C(O)/C=C/CC/C=C/CCCCCCCCCCCCCC. The van der Waals surface area contributed by atoms with E-state index in [9.17, 15) is 20.1 Å². The summed E-state index contributed by atoms with van der Waals surface area (Å²) in [6, 6.07) is -0.816. The number of unbranched alkanes of at least 4 members (excludes halogenated alkanes) is 34. The second-order valence-electron chi connectivity index (χ2n) is 18.1. The second kappa shape index (κ2) is 50.0. The fourth-order valence-corrected chi connectivity index (χ4v) is 8.00. The van der Waals surface area contributed by atoms with Crippen LogP contribution in [0.2, 0.25) is 0 Å². The summed E-state index contributed by atoms with van der Waals surface area (Å²) in [5.74, 6) is -0.513. The van der Waals surface area contributed by atoms with Crippen LogP contribution < -0.4 is 5.32 Å². The van der Waals surface area contributed by atoms with Gasteiger partial charge in [0, 0.05) is 0 Å². The molecule has 1 amide bonds. The molecule has 0 saturated carbocycles. The van der Waals surface area contributed by atoms with E-state index in [0.717, 1.165) is 44.9 Å². The molecule has 0 radical (unpaired) electrons. The highest BCUT2D eigenvalue weighted by Crippen LogP contribution is 2.16. The predicted octanol–water partition coefficient (Wildman–Crippen LogP) is 16.1. The van der Waals surface area contributed by atoms with Crippen molar-refractivity contribution in [1.82, 2.24) is 5.32 Å². The van der Waals surface area contributed by atoms with Gasteiger partial charge in [-0.3, -0.25) is 4.79 Å². The van der Waals surface area contributed by atoms with E-state index in [1.54, 1.807) is 6.08 Å². The number of hydrogen-bond donors (Lipinski definition) is 4. The van der Waals surface area contributed by atoms with Gasteiger partial charge in [-0.1, -0.05) is 255 Å².